The summed E-state index contributed by atoms with van der Waals surface area (Å²) in [5.41, 5.74) is 1.52. The van der Waals surface area contributed by atoms with Gasteiger partial charge in [-0.05, 0) is 54.6 Å². The van der Waals surface area contributed by atoms with Crippen LogP contribution in [0.15, 0.2) is 29.6 Å². The second kappa shape index (κ2) is 5.47. The molecule has 1 aliphatic carbocycles. The highest BCUT2D eigenvalue weighted by molar-refractivity contribution is 7.17. The molecule has 20 heavy (non-hydrogen) atoms. The zero-order valence-corrected chi connectivity index (χ0v) is 12.7. The van der Waals surface area contributed by atoms with Gasteiger partial charge in [-0.1, -0.05) is 18.2 Å². The summed E-state index contributed by atoms with van der Waals surface area (Å²) in [6, 6.07) is 10.4. The van der Waals surface area contributed by atoms with Gasteiger partial charge in [0.1, 0.15) is 0 Å². The summed E-state index contributed by atoms with van der Waals surface area (Å²) in [6.45, 7) is 3.58. The van der Waals surface area contributed by atoms with E-state index in [1.165, 1.54) is 54.4 Å². The van der Waals surface area contributed by atoms with Crippen LogP contribution in [0.2, 0.25) is 0 Å². The average molecular weight is 286 g/mol. The van der Waals surface area contributed by atoms with E-state index in [1.807, 2.05) is 11.3 Å². The maximum absolute atomic E-state index is 3.65. The topological polar surface area (TPSA) is 15.3 Å². The minimum atomic E-state index is 0.723. The number of rotatable bonds is 5. The van der Waals surface area contributed by atoms with Crippen LogP contribution in [0.1, 0.15) is 31.2 Å². The Morgan fingerprint density at radius 2 is 2.10 bits per heavy atom. The molecular weight excluding hydrogens is 264 g/mol. The Balaban J connectivity index is 1.52. The SMILES string of the molecule is c1ccc2c(CN(CC3CCCN3)C3CC3)csc2c1. The van der Waals surface area contributed by atoms with Gasteiger partial charge in [-0.2, -0.15) is 0 Å². The molecule has 1 atom stereocenters. The van der Waals surface area contributed by atoms with E-state index < -0.39 is 0 Å². The summed E-state index contributed by atoms with van der Waals surface area (Å²) in [6.07, 6.45) is 5.50. The molecule has 1 N–H and O–H groups in total. The fourth-order valence-corrected chi connectivity index (χ4v) is 4.31. The van der Waals surface area contributed by atoms with Crippen LogP contribution in [0.3, 0.4) is 0 Å². The number of nitrogens with one attached hydrogen (secondary N) is 1. The highest BCUT2D eigenvalue weighted by atomic mass is 32.1. The van der Waals surface area contributed by atoms with Gasteiger partial charge in [0.05, 0.1) is 0 Å². The Hall–Kier alpha value is -0.900. The van der Waals surface area contributed by atoms with Crippen LogP contribution in [0.4, 0.5) is 0 Å². The van der Waals surface area contributed by atoms with Crippen LogP contribution < -0.4 is 5.32 Å². The van der Waals surface area contributed by atoms with Crippen LogP contribution in [-0.4, -0.2) is 30.1 Å². The second-order valence-corrected chi connectivity index (χ2v) is 7.12. The first-order valence-electron chi connectivity index (χ1n) is 7.83. The first-order valence-corrected chi connectivity index (χ1v) is 8.70. The van der Waals surface area contributed by atoms with Crippen LogP contribution in [0.5, 0.6) is 0 Å². The van der Waals surface area contributed by atoms with Gasteiger partial charge in [-0.25, -0.2) is 0 Å². The molecule has 1 saturated carbocycles. The fraction of sp³-hybridized carbons (Fsp3) is 0.529. The molecule has 106 valence electrons. The molecule has 2 nitrogen and oxygen atoms in total. The quantitative estimate of drug-likeness (QED) is 0.903. The first kappa shape index (κ1) is 12.8. The molecule has 2 fully saturated rings. The minimum absolute atomic E-state index is 0.723. The Kier molecular flexibility index (Phi) is 3.51. The minimum Gasteiger partial charge on any atom is -0.313 e. The zero-order valence-electron chi connectivity index (χ0n) is 11.8. The lowest BCUT2D eigenvalue weighted by Crippen LogP contribution is -2.38. The van der Waals surface area contributed by atoms with Crippen LogP contribution in [-0.2, 0) is 6.54 Å². The van der Waals surface area contributed by atoms with Crippen LogP contribution in [0.25, 0.3) is 10.1 Å². The molecule has 2 heterocycles. The van der Waals surface area contributed by atoms with Crippen molar-refractivity contribution in [1.29, 1.82) is 0 Å². The summed E-state index contributed by atoms with van der Waals surface area (Å²) in [7, 11) is 0. The normalized spacial score (nSPS) is 22.9. The van der Waals surface area contributed by atoms with E-state index in [4.69, 9.17) is 0 Å². The van der Waals surface area contributed by atoms with Crippen LogP contribution >= 0.6 is 11.3 Å². The predicted molar refractivity (Wildman–Crippen MR) is 86.3 cm³/mol. The third kappa shape index (κ3) is 2.62. The van der Waals surface area contributed by atoms with E-state index in [-0.39, 0.29) is 0 Å². The zero-order chi connectivity index (χ0) is 13.4. The maximum Gasteiger partial charge on any atom is 0.0346 e. The van der Waals surface area contributed by atoms with Crippen molar-refractivity contribution >= 4 is 21.4 Å². The Labute approximate surface area is 124 Å². The van der Waals surface area contributed by atoms with E-state index in [0.29, 0.717) is 0 Å². The van der Waals surface area contributed by atoms with E-state index in [9.17, 15) is 0 Å². The van der Waals surface area contributed by atoms with Crippen molar-refractivity contribution in [3.63, 3.8) is 0 Å². The smallest absolute Gasteiger partial charge is 0.0346 e. The van der Waals surface area contributed by atoms with Crippen molar-refractivity contribution < 1.29 is 0 Å². The van der Waals surface area contributed by atoms with Gasteiger partial charge in [0.25, 0.3) is 0 Å². The summed E-state index contributed by atoms with van der Waals surface area (Å²) >= 11 is 1.89. The number of nitrogens with zero attached hydrogens (tertiary/aromatic N) is 1. The molecular formula is C17H22N2S. The van der Waals surface area contributed by atoms with Gasteiger partial charge in [0.2, 0.25) is 0 Å². The van der Waals surface area contributed by atoms with E-state index in [2.05, 4.69) is 39.9 Å². The monoisotopic (exact) mass is 286 g/mol. The lowest BCUT2D eigenvalue weighted by molar-refractivity contribution is 0.232. The largest absolute Gasteiger partial charge is 0.313 e. The summed E-state index contributed by atoms with van der Waals surface area (Å²) in [5.74, 6) is 0. The molecule has 1 aromatic carbocycles. The van der Waals surface area contributed by atoms with Crippen molar-refractivity contribution in [1.82, 2.24) is 10.2 Å². The predicted octanol–water partition coefficient (Wildman–Crippen LogP) is 3.62. The molecule has 4 rings (SSSR count). The molecule has 0 bridgehead atoms. The number of benzene rings is 1. The highest BCUT2D eigenvalue weighted by Gasteiger charge is 2.31. The fourth-order valence-electron chi connectivity index (χ4n) is 3.35. The second-order valence-electron chi connectivity index (χ2n) is 6.21. The van der Waals surface area contributed by atoms with E-state index >= 15 is 0 Å². The van der Waals surface area contributed by atoms with E-state index in [1.54, 1.807) is 0 Å². The average Bonchev–Trinajstić information content (AvgIpc) is 3.05. The summed E-state index contributed by atoms with van der Waals surface area (Å²) in [5, 5.41) is 7.47. The van der Waals surface area contributed by atoms with Gasteiger partial charge in [-0.3, -0.25) is 4.90 Å². The van der Waals surface area contributed by atoms with Crippen molar-refractivity contribution in [2.45, 2.75) is 44.3 Å². The summed E-state index contributed by atoms with van der Waals surface area (Å²) < 4.78 is 1.43. The first-order chi connectivity index (χ1) is 9.90. The van der Waals surface area contributed by atoms with Crippen molar-refractivity contribution in [3.05, 3.63) is 35.2 Å². The molecule has 1 unspecified atom stereocenters. The maximum atomic E-state index is 3.65. The molecule has 1 saturated heterocycles. The molecule has 1 aliphatic heterocycles. The third-order valence-corrected chi connectivity index (χ3v) is 5.63. The van der Waals surface area contributed by atoms with Crippen molar-refractivity contribution in [3.8, 4) is 0 Å². The van der Waals surface area contributed by atoms with Crippen molar-refractivity contribution in [2.24, 2.45) is 0 Å². The van der Waals surface area contributed by atoms with Gasteiger partial charge >= 0.3 is 0 Å². The number of hydrogen-bond acceptors (Lipinski definition) is 3. The van der Waals surface area contributed by atoms with Crippen molar-refractivity contribution in [2.75, 3.05) is 13.1 Å². The molecule has 0 radical (unpaired) electrons. The standard InChI is InChI=1S/C17H22N2S/c1-2-6-17-16(5-1)13(12-20-17)10-19(15-7-8-15)11-14-4-3-9-18-14/h1-2,5-6,12,14-15,18H,3-4,7-11H2. The number of fused-ring (bicyclic) bond motifs is 1. The van der Waals surface area contributed by atoms with E-state index in [0.717, 1.165) is 18.6 Å². The molecule has 1 aromatic heterocycles. The Bertz CT molecular complexity index is 581. The lowest BCUT2D eigenvalue weighted by atomic mass is 10.1. The van der Waals surface area contributed by atoms with Gasteiger partial charge in [0.15, 0.2) is 0 Å². The highest BCUT2D eigenvalue weighted by Crippen LogP contribution is 2.32. The van der Waals surface area contributed by atoms with Gasteiger partial charge in [-0.15, -0.1) is 11.3 Å². The number of hydrogen-bond donors (Lipinski definition) is 1. The molecule has 2 aliphatic rings. The Morgan fingerprint density at radius 3 is 2.90 bits per heavy atom. The third-order valence-electron chi connectivity index (χ3n) is 4.62. The Morgan fingerprint density at radius 1 is 1.20 bits per heavy atom. The van der Waals surface area contributed by atoms with Gasteiger partial charge < -0.3 is 5.32 Å². The molecule has 2 aromatic rings. The molecule has 0 amide bonds. The molecule has 3 heteroatoms. The summed E-state index contributed by atoms with van der Waals surface area (Å²) in [4.78, 5) is 2.72. The molecule has 0 spiro atoms. The lowest BCUT2D eigenvalue weighted by Gasteiger charge is -2.25. The number of thiophene rings is 1. The van der Waals surface area contributed by atoms with Gasteiger partial charge in [0, 0.05) is 29.9 Å². The van der Waals surface area contributed by atoms with Crippen LogP contribution in [0, 0.1) is 0 Å².